The number of carbonyl (C=O) groups excluding carboxylic acids is 1. The SMILES string of the molecule is CCOc1ccccc1OCC(=O)C1CC1. The average Bonchev–Trinajstić information content (AvgIpc) is 3.12. The van der Waals surface area contributed by atoms with Crippen molar-refractivity contribution in [2.45, 2.75) is 19.8 Å². The molecule has 0 atom stereocenters. The first-order valence-corrected chi connectivity index (χ1v) is 5.68. The first-order chi connectivity index (χ1) is 7.81. The number of Topliss-reactive ketones (excluding diaryl/α,β-unsaturated/α-hetero) is 1. The van der Waals surface area contributed by atoms with E-state index < -0.39 is 0 Å². The van der Waals surface area contributed by atoms with Crippen LogP contribution in [0.25, 0.3) is 0 Å². The molecule has 0 unspecified atom stereocenters. The van der Waals surface area contributed by atoms with E-state index >= 15 is 0 Å². The van der Waals surface area contributed by atoms with E-state index in [0.717, 1.165) is 12.8 Å². The molecule has 1 aliphatic rings. The van der Waals surface area contributed by atoms with Gasteiger partial charge in [-0.05, 0) is 31.9 Å². The van der Waals surface area contributed by atoms with Gasteiger partial charge in [0.15, 0.2) is 17.3 Å². The fourth-order valence-corrected chi connectivity index (χ4v) is 1.52. The molecule has 2 rings (SSSR count). The first-order valence-electron chi connectivity index (χ1n) is 5.68. The quantitative estimate of drug-likeness (QED) is 0.738. The van der Waals surface area contributed by atoms with Crippen LogP contribution in [0.3, 0.4) is 0 Å². The van der Waals surface area contributed by atoms with Gasteiger partial charge in [0, 0.05) is 5.92 Å². The highest BCUT2D eigenvalue weighted by Crippen LogP contribution is 2.31. The maximum absolute atomic E-state index is 11.5. The third kappa shape index (κ3) is 2.75. The van der Waals surface area contributed by atoms with Crippen LogP contribution in [0.15, 0.2) is 24.3 Å². The van der Waals surface area contributed by atoms with Crippen LogP contribution in [0.5, 0.6) is 11.5 Å². The predicted molar refractivity (Wildman–Crippen MR) is 60.8 cm³/mol. The van der Waals surface area contributed by atoms with Gasteiger partial charge in [0.25, 0.3) is 0 Å². The third-order valence-corrected chi connectivity index (χ3v) is 2.55. The lowest BCUT2D eigenvalue weighted by Crippen LogP contribution is -2.13. The predicted octanol–water partition coefficient (Wildman–Crippen LogP) is 2.44. The fourth-order valence-electron chi connectivity index (χ4n) is 1.52. The second kappa shape index (κ2) is 5.01. The second-order valence-corrected chi connectivity index (χ2v) is 3.91. The topological polar surface area (TPSA) is 35.5 Å². The number of ether oxygens (including phenoxy) is 2. The van der Waals surface area contributed by atoms with E-state index in [1.807, 2.05) is 31.2 Å². The van der Waals surface area contributed by atoms with E-state index in [1.165, 1.54) is 0 Å². The fraction of sp³-hybridized carbons (Fsp3) is 0.462. The van der Waals surface area contributed by atoms with Crippen molar-refractivity contribution in [2.24, 2.45) is 5.92 Å². The Bertz CT molecular complexity index is 369. The first kappa shape index (κ1) is 11.0. The van der Waals surface area contributed by atoms with Gasteiger partial charge in [0.05, 0.1) is 6.61 Å². The molecule has 16 heavy (non-hydrogen) atoms. The van der Waals surface area contributed by atoms with Crippen molar-refractivity contribution >= 4 is 5.78 Å². The highest BCUT2D eigenvalue weighted by molar-refractivity contribution is 5.84. The Morgan fingerprint density at radius 2 is 1.88 bits per heavy atom. The van der Waals surface area contributed by atoms with Crippen LogP contribution in [0, 0.1) is 5.92 Å². The Hall–Kier alpha value is -1.51. The summed E-state index contributed by atoms with van der Waals surface area (Å²) in [5.74, 6) is 1.80. The van der Waals surface area contributed by atoms with Gasteiger partial charge < -0.3 is 9.47 Å². The van der Waals surface area contributed by atoms with Crippen molar-refractivity contribution in [1.82, 2.24) is 0 Å². The number of benzene rings is 1. The summed E-state index contributed by atoms with van der Waals surface area (Å²) in [4.78, 5) is 11.5. The molecular formula is C13H16O3. The summed E-state index contributed by atoms with van der Waals surface area (Å²) in [6.07, 6.45) is 2.05. The molecular weight excluding hydrogens is 204 g/mol. The summed E-state index contributed by atoms with van der Waals surface area (Å²) in [5.41, 5.74) is 0. The number of rotatable bonds is 6. The maximum Gasteiger partial charge on any atom is 0.173 e. The molecule has 0 saturated heterocycles. The number of carbonyl (C=O) groups is 1. The highest BCUT2D eigenvalue weighted by atomic mass is 16.5. The molecule has 3 heteroatoms. The molecule has 0 bridgehead atoms. The molecule has 1 saturated carbocycles. The van der Waals surface area contributed by atoms with Gasteiger partial charge in [-0.3, -0.25) is 4.79 Å². The molecule has 0 radical (unpaired) electrons. The Morgan fingerprint density at radius 3 is 2.44 bits per heavy atom. The molecule has 0 aliphatic heterocycles. The van der Waals surface area contributed by atoms with Gasteiger partial charge in [0.2, 0.25) is 0 Å². The van der Waals surface area contributed by atoms with E-state index in [1.54, 1.807) is 0 Å². The lowest BCUT2D eigenvalue weighted by atomic mass is 10.3. The standard InChI is InChI=1S/C13H16O3/c1-2-15-12-5-3-4-6-13(12)16-9-11(14)10-7-8-10/h3-6,10H,2,7-9H2,1H3. The largest absolute Gasteiger partial charge is 0.490 e. The van der Waals surface area contributed by atoms with Crippen LogP contribution in [0.2, 0.25) is 0 Å². The summed E-state index contributed by atoms with van der Waals surface area (Å²) >= 11 is 0. The zero-order valence-corrected chi connectivity index (χ0v) is 9.44. The molecule has 3 nitrogen and oxygen atoms in total. The summed E-state index contributed by atoms with van der Waals surface area (Å²) < 4.78 is 10.9. The second-order valence-electron chi connectivity index (χ2n) is 3.91. The van der Waals surface area contributed by atoms with E-state index in [0.29, 0.717) is 18.1 Å². The Kier molecular flexibility index (Phi) is 3.44. The van der Waals surface area contributed by atoms with Crippen LogP contribution in [0.1, 0.15) is 19.8 Å². The molecule has 0 spiro atoms. The molecule has 0 aromatic heterocycles. The van der Waals surface area contributed by atoms with Crippen LogP contribution in [-0.4, -0.2) is 19.0 Å². The van der Waals surface area contributed by atoms with Crippen molar-refractivity contribution in [2.75, 3.05) is 13.2 Å². The Balaban J connectivity index is 1.94. The summed E-state index contributed by atoms with van der Waals surface area (Å²) in [6, 6.07) is 7.44. The van der Waals surface area contributed by atoms with Gasteiger partial charge in [0.1, 0.15) is 6.61 Å². The van der Waals surface area contributed by atoms with Crippen LogP contribution < -0.4 is 9.47 Å². The minimum atomic E-state index is 0.161. The average molecular weight is 220 g/mol. The molecule has 1 aromatic carbocycles. The molecule has 1 aliphatic carbocycles. The van der Waals surface area contributed by atoms with Crippen molar-refractivity contribution in [3.05, 3.63) is 24.3 Å². The lowest BCUT2D eigenvalue weighted by Gasteiger charge is -2.10. The summed E-state index contributed by atoms with van der Waals surface area (Å²) in [7, 11) is 0. The molecule has 1 aromatic rings. The number of ketones is 1. The zero-order valence-electron chi connectivity index (χ0n) is 9.44. The number of para-hydroxylation sites is 2. The molecule has 86 valence electrons. The van der Waals surface area contributed by atoms with E-state index in [2.05, 4.69) is 0 Å². The van der Waals surface area contributed by atoms with Crippen molar-refractivity contribution in [3.63, 3.8) is 0 Å². The normalized spacial score (nSPS) is 14.6. The van der Waals surface area contributed by atoms with E-state index in [4.69, 9.17) is 9.47 Å². The molecule has 1 fully saturated rings. The maximum atomic E-state index is 11.5. The van der Waals surface area contributed by atoms with Gasteiger partial charge in [-0.25, -0.2) is 0 Å². The van der Waals surface area contributed by atoms with Gasteiger partial charge >= 0.3 is 0 Å². The third-order valence-electron chi connectivity index (χ3n) is 2.55. The number of hydrogen-bond acceptors (Lipinski definition) is 3. The molecule has 0 amide bonds. The van der Waals surface area contributed by atoms with E-state index in [-0.39, 0.29) is 18.3 Å². The minimum absolute atomic E-state index is 0.161. The highest BCUT2D eigenvalue weighted by Gasteiger charge is 2.29. The van der Waals surface area contributed by atoms with E-state index in [9.17, 15) is 4.79 Å². The van der Waals surface area contributed by atoms with Crippen molar-refractivity contribution in [1.29, 1.82) is 0 Å². The summed E-state index contributed by atoms with van der Waals surface area (Å²) in [5, 5.41) is 0. The lowest BCUT2D eigenvalue weighted by molar-refractivity contribution is -0.122. The monoisotopic (exact) mass is 220 g/mol. The summed E-state index contributed by atoms with van der Waals surface area (Å²) in [6.45, 7) is 2.68. The van der Waals surface area contributed by atoms with Gasteiger partial charge in [-0.15, -0.1) is 0 Å². The zero-order chi connectivity index (χ0) is 11.4. The Labute approximate surface area is 95.4 Å². The van der Waals surface area contributed by atoms with Crippen molar-refractivity contribution in [3.8, 4) is 11.5 Å². The number of hydrogen-bond donors (Lipinski definition) is 0. The van der Waals surface area contributed by atoms with Crippen LogP contribution >= 0.6 is 0 Å². The van der Waals surface area contributed by atoms with Crippen molar-refractivity contribution < 1.29 is 14.3 Å². The minimum Gasteiger partial charge on any atom is -0.490 e. The smallest absolute Gasteiger partial charge is 0.173 e. The van der Waals surface area contributed by atoms with Gasteiger partial charge in [-0.2, -0.15) is 0 Å². The van der Waals surface area contributed by atoms with Crippen LogP contribution in [-0.2, 0) is 4.79 Å². The Morgan fingerprint density at radius 1 is 1.25 bits per heavy atom. The van der Waals surface area contributed by atoms with Crippen LogP contribution in [0.4, 0.5) is 0 Å². The molecule has 0 N–H and O–H groups in total. The van der Waals surface area contributed by atoms with Gasteiger partial charge in [-0.1, -0.05) is 12.1 Å². The molecule has 0 heterocycles.